The van der Waals surface area contributed by atoms with E-state index < -0.39 is 0 Å². The van der Waals surface area contributed by atoms with Crippen LogP contribution in [-0.2, 0) is 24.3 Å². The molecule has 0 heterocycles. The second-order valence-electron chi connectivity index (χ2n) is 1.09. The number of hydrogen-bond acceptors (Lipinski definition) is 1. The minimum Gasteiger partial charge on any atom is -0.653 e. The number of alkyl halides is 1. The van der Waals surface area contributed by atoms with Gasteiger partial charge in [0.1, 0.15) is 0 Å². The maximum Gasteiger partial charge on any atom is 0.0480 e. The predicted octanol–water partition coefficient (Wildman–Crippen LogP) is 1.14. The molecule has 0 saturated heterocycles. The van der Waals surface area contributed by atoms with Crippen LogP contribution in [0.15, 0.2) is 0 Å². The van der Waals surface area contributed by atoms with Crippen LogP contribution < -0.4 is 0 Å². The number of amides is 1. The normalized spacial score (nSPS) is 7.25. The smallest absolute Gasteiger partial charge is 0.0480 e. The van der Waals surface area contributed by atoms with Gasteiger partial charge < -0.3 is 10.1 Å². The maximum absolute atomic E-state index is 9.98. The standard InChI is InChI=1S/C4H8ClNO.Rh/c1-4(7)6-3-2-5;/h2-3H2,1H3,(H,6,7);/p-1. The molecule has 0 N–H and O–H groups in total. The Kier molecular flexibility index (Phi) is 10.4. The summed E-state index contributed by atoms with van der Waals surface area (Å²) in [6.07, 6.45) is 0. The summed E-state index contributed by atoms with van der Waals surface area (Å²) in [7, 11) is 0. The van der Waals surface area contributed by atoms with Crippen molar-refractivity contribution in [3.63, 3.8) is 0 Å². The summed E-state index contributed by atoms with van der Waals surface area (Å²) in [5.74, 6) is 0.278. The zero-order valence-corrected chi connectivity index (χ0v) is 6.88. The van der Waals surface area contributed by atoms with Crippen molar-refractivity contribution in [2.45, 2.75) is 6.92 Å². The van der Waals surface area contributed by atoms with Crippen LogP contribution in [0.4, 0.5) is 0 Å². The molecule has 0 rings (SSSR count). The Balaban J connectivity index is 0. The van der Waals surface area contributed by atoms with Crippen molar-refractivity contribution in [3.8, 4) is 0 Å². The second-order valence-corrected chi connectivity index (χ2v) is 1.47. The molecule has 0 aliphatic heterocycles. The van der Waals surface area contributed by atoms with Gasteiger partial charge in [-0.1, -0.05) is 0 Å². The molecule has 0 atom stereocenters. The van der Waals surface area contributed by atoms with Crippen LogP contribution in [0.3, 0.4) is 0 Å². The molecule has 0 aromatic rings. The van der Waals surface area contributed by atoms with Crippen LogP contribution >= 0.6 is 11.6 Å². The van der Waals surface area contributed by atoms with Crippen LogP contribution in [0.1, 0.15) is 6.92 Å². The molecule has 0 bridgehead atoms. The summed E-state index contributed by atoms with van der Waals surface area (Å²) < 4.78 is 0. The molecule has 0 aliphatic rings. The first kappa shape index (κ1) is 11.2. The van der Waals surface area contributed by atoms with E-state index in [9.17, 15) is 4.79 Å². The van der Waals surface area contributed by atoms with E-state index in [2.05, 4.69) is 5.32 Å². The summed E-state index contributed by atoms with van der Waals surface area (Å²) in [5, 5.41) is 3.47. The molecule has 0 fully saturated rings. The minimum atomic E-state index is -0.152. The molecular weight excluding hydrogens is 216 g/mol. The molecule has 0 saturated carbocycles. The second kappa shape index (κ2) is 7.38. The van der Waals surface area contributed by atoms with Gasteiger partial charge in [0.25, 0.3) is 0 Å². The number of halogens is 1. The van der Waals surface area contributed by atoms with Crippen LogP contribution in [-0.4, -0.2) is 18.3 Å². The first-order valence-electron chi connectivity index (χ1n) is 2.01. The van der Waals surface area contributed by atoms with Crippen LogP contribution in [0.5, 0.6) is 0 Å². The SMILES string of the molecule is CC(=O)[N-]CCCl.[Rh]. The largest absolute Gasteiger partial charge is 0.653 e. The monoisotopic (exact) mass is 223 g/mol. The van der Waals surface area contributed by atoms with E-state index in [1.807, 2.05) is 0 Å². The van der Waals surface area contributed by atoms with Crippen molar-refractivity contribution in [2.24, 2.45) is 0 Å². The van der Waals surface area contributed by atoms with E-state index in [0.29, 0.717) is 12.4 Å². The average Bonchev–Trinajstić information content (AvgIpc) is 1.61. The fourth-order valence-electron chi connectivity index (χ4n) is 0.200. The van der Waals surface area contributed by atoms with Gasteiger partial charge in [-0.15, -0.1) is 18.1 Å². The van der Waals surface area contributed by atoms with Gasteiger partial charge in [0.15, 0.2) is 0 Å². The Morgan fingerprint density at radius 3 is 2.38 bits per heavy atom. The molecule has 0 spiro atoms. The van der Waals surface area contributed by atoms with E-state index in [0.717, 1.165) is 0 Å². The third kappa shape index (κ3) is 9.63. The van der Waals surface area contributed by atoms with Crippen molar-refractivity contribution >= 4 is 17.5 Å². The van der Waals surface area contributed by atoms with Crippen LogP contribution in [0.2, 0.25) is 0 Å². The number of rotatable bonds is 2. The number of hydrogen-bond donors (Lipinski definition) is 0. The first-order chi connectivity index (χ1) is 3.27. The molecule has 51 valence electrons. The third-order valence-electron chi connectivity index (χ3n) is 0.419. The molecule has 8 heavy (non-hydrogen) atoms. The van der Waals surface area contributed by atoms with Crippen molar-refractivity contribution in [2.75, 3.05) is 12.4 Å². The Bertz CT molecular complexity index is 69.1. The van der Waals surface area contributed by atoms with Crippen LogP contribution in [0, 0.1) is 0 Å². The van der Waals surface area contributed by atoms with Gasteiger partial charge in [0.05, 0.1) is 0 Å². The topological polar surface area (TPSA) is 31.2 Å². The summed E-state index contributed by atoms with van der Waals surface area (Å²) in [5.41, 5.74) is 0. The van der Waals surface area contributed by atoms with E-state index >= 15 is 0 Å². The molecular formula is C4H7ClNORh-. The Morgan fingerprint density at radius 2 is 2.25 bits per heavy atom. The molecule has 1 amide bonds. The van der Waals surface area contributed by atoms with E-state index in [-0.39, 0.29) is 25.4 Å². The van der Waals surface area contributed by atoms with Gasteiger partial charge in [-0.25, -0.2) is 0 Å². The van der Waals surface area contributed by atoms with E-state index in [1.165, 1.54) is 6.92 Å². The maximum atomic E-state index is 9.98. The fraction of sp³-hybridized carbons (Fsp3) is 0.750. The van der Waals surface area contributed by atoms with Crippen molar-refractivity contribution in [3.05, 3.63) is 5.32 Å². The fourth-order valence-corrected chi connectivity index (χ4v) is 0.284. The van der Waals surface area contributed by atoms with Gasteiger partial charge in [0, 0.05) is 31.3 Å². The summed E-state index contributed by atoms with van der Waals surface area (Å²) in [4.78, 5) is 9.98. The molecule has 0 unspecified atom stereocenters. The minimum absolute atomic E-state index is 0. The van der Waals surface area contributed by atoms with Gasteiger partial charge in [-0.2, -0.15) is 0 Å². The molecule has 0 aromatic carbocycles. The van der Waals surface area contributed by atoms with Gasteiger partial charge >= 0.3 is 0 Å². The summed E-state index contributed by atoms with van der Waals surface area (Å²) >= 11 is 5.20. The Hall–Kier alpha value is 0.383. The van der Waals surface area contributed by atoms with Crippen molar-refractivity contribution < 1.29 is 24.3 Å². The van der Waals surface area contributed by atoms with Gasteiger partial charge in [-0.3, -0.25) is 0 Å². The molecule has 0 aliphatic carbocycles. The molecule has 1 radical (unpaired) electrons. The zero-order valence-electron chi connectivity index (χ0n) is 4.48. The van der Waals surface area contributed by atoms with Gasteiger partial charge in [0.2, 0.25) is 0 Å². The van der Waals surface area contributed by atoms with E-state index in [4.69, 9.17) is 11.6 Å². The number of carbonyl (C=O) groups is 1. The molecule has 4 heteroatoms. The Morgan fingerprint density at radius 1 is 1.75 bits per heavy atom. The first-order valence-corrected chi connectivity index (χ1v) is 2.55. The van der Waals surface area contributed by atoms with Crippen molar-refractivity contribution in [1.29, 1.82) is 0 Å². The molecule has 2 nitrogen and oxygen atoms in total. The van der Waals surface area contributed by atoms with Crippen LogP contribution in [0.25, 0.3) is 5.32 Å². The zero-order chi connectivity index (χ0) is 5.70. The number of nitrogens with zero attached hydrogens (tertiary/aromatic N) is 1. The average molecular weight is 223 g/mol. The number of carbonyl (C=O) groups excluding carboxylic acids is 1. The quantitative estimate of drug-likeness (QED) is 0.510. The summed E-state index contributed by atoms with van der Waals surface area (Å²) in [6, 6.07) is 0. The van der Waals surface area contributed by atoms with Gasteiger partial charge in [-0.05, 0) is 6.92 Å². The summed E-state index contributed by atoms with van der Waals surface area (Å²) in [6.45, 7) is 1.85. The van der Waals surface area contributed by atoms with Crippen molar-refractivity contribution in [1.82, 2.24) is 0 Å². The van der Waals surface area contributed by atoms with E-state index in [1.54, 1.807) is 0 Å². The predicted molar refractivity (Wildman–Crippen MR) is 29.6 cm³/mol. The third-order valence-corrected chi connectivity index (χ3v) is 0.588. The Labute approximate surface area is 66.7 Å². The molecule has 0 aromatic heterocycles.